The highest BCUT2D eigenvalue weighted by atomic mass is 35.5. The van der Waals surface area contributed by atoms with E-state index in [4.69, 9.17) is 23.2 Å². The average Bonchev–Trinajstić information content (AvgIpc) is 2.63. The first-order valence-corrected chi connectivity index (χ1v) is 10.5. The molecule has 0 radical (unpaired) electrons. The Morgan fingerprint density at radius 3 is 2.68 bits per heavy atom. The molecular formula is C24H26Cl2N2. The van der Waals surface area contributed by atoms with Gasteiger partial charge in [0, 0.05) is 27.8 Å². The number of nitrogens with zero attached hydrogens (tertiary/aromatic N) is 2. The van der Waals surface area contributed by atoms with Gasteiger partial charge in [-0.2, -0.15) is 5.26 Å². The van der Waals surface area contributed by atoms with Crippen molar-refractivity contribution in [2.75, 3.05) is 11.4 Å². The third-order valence-corrected chi connectivity index (χ3v) is 6.07. The van der Waals surface area contributed by atoms with Crippen LogP contribution in [0, 0.1) is 11.3 Å². The lowest BCUT2D eigenvalue weighted by atomic mass is 9.79. The largest absolute Gasteiger partial charge is 0.366 e. The summed E-state index contributed by atoms with van der Waals surface area (Å²) in [6, 6.07) is 13.9. The van der Waals surface area contributed by atoms with Gasteiger partial charge >= 0.3 is 0 Å². The molecule has 3 rings (SSSR count). The lowest BCUT2D eigenvalue weighted by Crippen LogP contribution is -2.48. The molecule has 146 valence electrons. The Bertz CT molecular complexity index is 954. The second kappa shape index (κ2) is 8.19. The molecule has 0 amide bonds. The molecule has 1 aliphatic heterocycles. The second-order valence-corrected chi connectivity index (χ2v) is 9.03. The van der Waals surface area contributed by atoms with Gasteiger partial charge in [0.15, 0.2) is 0 Å². The van der Waals surface area contributed by atoms with Crippen molar-refractivity contribution in [1.82, 2.24) is 0 Å². The first-order valence-electron chi connectivity index (χ1n) is 9.75. The molecule has 0 saturated carbocycles. The van der Waals surface area contributed by atoms with Crippen molar-refractivity contribution in [2.45, 2.75) is 52.0 Å². The number of benzene rings is 2. The van der Waals surface area contributed by atoms with Crippen LogP contribution < -0.4 is 4.90 Å². The molecule has 0 aliphatic carbocycles. The molecule has 0 bridgehead atoms. The first-order chi connectivity index (χ1) is 13.3. The van der Waals surface area contributed by atoms with E-state index in [1.54, 1.807) is 12.1 Å². The molecule has 1 aliphatic rings. The lowest BCUT2D eigenvalue weighted by Gasteiger charge is -2.47. The van der Waals surface area contributed by atoms with E-state index in [-0.39, 0.29) is 5.54 Å². The van der Waals surface area contributed by atoms with Gasteiger partial charge in [-0.05, 0) is 79.6 Å². The highest BCUT2D eigenvalue weighted by Crippen LogP contribution is 2.45. The molecule has 0 N–H and O–H groups in total. The Balaban J connectivity index is 2.10. The van der Waals surface area contributed by atoms with Crippen molar-refractivity contribution in [1.29, 1.82) is 5.26 Å². The molecule has 0 spiro atoms. The first kappa shape index (κ1) is 20.8. The van der Waals surface area contributed by atoms with Crippen molar-refractivity contribution in [2.24, 2.45) is 0 Å². The van der Waals surface area contributed by atoms with E-state index in [2.05, 4.69) is 50.8 Å². The van der Waals surface area contributed by atoms with Crippen LogP contribution in [-0.4, -0.2) is 12.1 Å². The van der Waals surface area contributed by atoms with Crippen LogP contribution in [0.2, 0.25) is 10.0 Å². The minimum absolute atomic E-state index is 0.0989. The Labute approximate surface area is 178 Å². The fourth-order valence-electron chi connectivity index (χ4n) is 4.27. The molecule has 4 heteroatoms. The number of fused-ring (bicyclic) bond motifs is 1. The third kappa shape index (κ3) is 4.07. The molecule has 0 aromatic heterocycles. The predicted molar refractivity (Wildman–Crippen MR) is 121 cm³/mol. The summed E-state index contributed by atoms with van der Waals surface area (Å²) in [7, 11) is 0. The Kier molecular flexibility index (Phi) is 6.08. The van der Waals surface area contributed by atoms with Gasteiger partial charge in [-0.25, -0.2) is 0 Å². The number of nitriles is 1. The topological polar surface area (TPSA) is 27.0 Å². The molecule has 28 heavy (non-hydrogen) atoms. The van der Waals surface area contributed by atoms with Crippen molar-refractivity contribution in [3.05, 3.63) is 63.1 Å². The van der Waals surface area contributed by atoms with E-state index in [1.807, 2.05) is 18.2 Å². The van der Waals surface area contributed by atoms with Crippen LogP contribution in [0.1, 0.15) is 63.1 Å². The maximum absolute atomic E-state index is 9.68. The van der Waals surface area contributed by atoms with E-state index in [1.165, 1.54) is 11.3 Å². The fourth-order valence-corrected chi connectivity index (χ4v) is 4.67. The summed E-state index contributed by atoms with van der Waals surface area (Å²) in [5.74, 6) is 0.430. The Morgan fingerprint density at radius 2 is 2.04 bits per heavy atom. The van der Waals surface area contributed by atoms with Crippen LogP contribution in [0.25, 0.3) is 11.6 Å². The van der Waals surface area contributed by atoms with Crippen LogP contribution in [0.4, 0.5) is 5.69 Å². The van der Waals surface area contributed by atoms with Gasteiger partial charge in [-0.3, -0.25) is 0 Å². The van der Waals surface area contributed by atoms with Crippen molar-refractivity contribution < 1.29 is 0 Å². The minimum atomic E-state index is 0.0989. The zero-order chi connectivity index (χ0) is 20.5. The highest BCUT2D eigenvalue weighted by molar-refractivity contribution is 6.33. The van der Waals surface area contributed by atoms with E-state index < -0.39 is 0 Å². The van der Waals surface area contributed by atoms with Gasteiger partial charge in [0.2, 0.25) is 0 Å². The summed E-state index contributed by atoms with van der Waals surface area (Å²) in [6.07, 6.45) is 4.04. The molecule has 2 aromatic rings. The van der Waals surface area contributed by atoms with E-state index >= 15 is 0 Å². The quantitative estimate of drug-likeness (QED) is 0.382. The Morgan fingerprint density at radius 1 is 1.29 bits per heavy atom. The van der Waals surface area contributed by atoms with Gasteiger partial charge in [0.1, 0.15) is 0 Å². The molecule has 0 fully saturated rings. The SMILES string of the molecule is CCCN1c2cc(Cl)c(/C=C(\C#N)c3cccc(Cl)c3)cc2C(C)CC1(C)C. The summed E-state index contributed by atoms with van der Waals surface area (Å²) >= 11 is 12.8. The predicted octanol–water partition coefficient (Wildman–Crippen LogP) is 7.56. The monoisotopic (exact) mass is 412 g/mol. The van der Waals surface area contributed by atoms with Gasteiger partial charge in [-0.1, -0.05) is 49.2 Å². The molecule has 1 unspecified atom stereocenters. The van der Waals surface area contributed by atoms with Gasteiger partial charge < -0.3 is 4.90 Å². The van der Waals surface area contributed by atoms with Crippen LogP contribution in [0.3, 0.4) is 0 Å². The zero-order valence-electron chi connectivity index (χ0n) is 16.9. The van der Waals surface area contributed by atoms with Crippen LogP contribution in [0.15, 0.2) is 36.4 Å². The van der Waals surface area contributed by atoms with E-state index in [0.717, 1.165) is 30.5 Å². The van der Waals surface area contributed by atoms with E-state index in [9.17, 15) is 5.26 Å². The summed E-state index contributed by atoms with van der Waals surface area (Å²) < 4.78 is 0. The van der Waals surface area contributed by atoms with Crippen molar-refractivity contribution in [3.63, 3.8) is 0 Å². The molecule has 0 saturated heterocycles. The summed E-state index contributed by atoms with van der Waals surface area (Å²) in [4.78, 5) is 2.48. The summed E-state index contributed by atoms with van der Waals surface area (Å²) in [5.41, 5.74) is 4.84. The lowest BCUT2D eigenvalue weighted by molar-refractivity contribution is 0.376. The van der Waals surface area contributed by atoms with E-state index in [0.29, 0.717) is 21.5 Å². The van der Waals surface area contributed by atoms with Crippen molar-refractivity contribution >= 4 is 40.5 Å². The smallest absolute Gasteiger partial charge is 0.0998 e. The third-order valence-electron chi connectivity index (χ3n) is 5.51. The number of hydrogen-bond acceptors (Lipinski definition) is 2. The highest BCUT2D eigenvalue weighted by Gasteiger charge is 2.36. The normalized spacial score (nSPS) is 18.5. The van der Waals surface area contributed by atoms with Gasteiger partial charge in [0.05, 0.1) is 11.6 Å². The fraction of sp³-hybridized carbons (Fsp3) is 0.375. The molecule has 1 heterocycles. The summed E-state index contributed by atoms with van der Waals surface area (Å²) in [5, 5.41) is 11.0. The molecule has 2 aromatic carbocycles. The standard InChI is InChI=1S/C24H26Cl2N2/c1-5-9-28-23-13-22(26)18(12-21(23)16(2)14-24(28,3)4)10-19(15-27)17-7-6-8-20(25)11-17/h6-8,10-13,16H,5,9,14H2,1-4H3/b19-10+. The maximum atomic E-state index is 9.68. The van der Waals surface area contributed by atoms with Crippen molar-refractivity contribution in [3.8, 4) is 6.07 Å². The summed E-state index contributed by atoms with van der Waals surface area (Å²) in [6.45, 7) is 10.1. The van der Waals surface area contributed by atoms with Crippen LogP contribution in [0.5, 0.6) is 0 Å². The molecule has 2 nitrogen and oxygen atoms in total. The number of allylic oxidation sites excluding steroid dienone is 1. The molecule has 1 atom stereocenters. The minimum Gasteiger partial charge on any atom is -0.366 e. The Hall–Kier alpha value is -1.95. The maximum Gasteiger partial charge on any atom is 0.0998 e. The number of rotatable bonds is 4. The van der Waals surface area contributed by atoms with Gasteiger partial charge in [-0.15, -0.1) is 0 Å². The number of anilines is 1. The second-order valence-electron chi connectivity index (χ2n) is 8.18. The van der Waals surface area contributed by atoms with Gasteiger partial charge in [0.25, 0.3) is 0 Å². The molecular weight excluding hydrogens is 387 g/mol. The van der Waals surface area contributed by atoms with Crippen LogP contribution >= 0.6 is 23.2 Å². The number of hydrogen-bond donors (Lipinski definition) is 0. The number of halogens is 2. The van der Waals surface area contributed by atoms with Crippen LogP contribution in [-0.2, 0) is 0 Å². The average molecular weight is 413 g/mol. The zero-order valence-corrected chi connectivity index (χ0v) is 18.4.